The van der Waals surface area contributed by atoms with Gasteiger partial charge in [-0.05, 0) is 57.6 Å². The lowest BCUT2D eigenvalue weighted by molar-refractivity contribution is 1.08. The molecule has 262 valence electrons. The molecule has 56 heavy (non-hydrogen) atoms. The molecule has 3 nitrogen and oxygen atoms in total. The van der Waals surface area contributed by atoms with Crippen LogP contribution in [-0.2, 0) is 0 Å². The number of nitrogens with zero attached hydrogens (tertiary/aromatic N) is 3. The van der Waals surface area contributed by atoms with Crippen molar-refractivity contribution in [1.82, 2.24) is 15.0 Å². The number of hydrogen-bond donors (Lipinski definition) is 0. The number of fused-ring (bicyclic) bond motifs is 6. The number of rotatable bonds is 6. The Morgan fingerprint density at radius 1 is 0.286 bits per heavy atom. The van der Waals surface area contributed by atoms with Crippen LogP contribution >= 0.6 is 22.7 Å². The fourth-order valence-corrected chi connectivity index (χ4v) is 10.3. The Bertz CT molecular complexity index is 3240. The summed E-state index contributed by atoms with van der Waals surface area (Å²) in [5, 5.41) is 4.99. The maximum absolute atomic E-state index is 5.28. The number of aromatic nitrogens is 3. The smallest absolute Gasteiger partial charge is 0.164 e. The zero-order chi connectivity index (χ0) is 37.0. The van der Waals surface area contributed by atoms with Crippen molar-refractivity contribution in [2.24, 2.45) is 0 Å². The molecule has 0 saturated carbocycles. The van der Waals surface area contributed by atoms with E-state index < -0.39 is 0 Å². The SMILES string of the molecule is c1ccc(-c2cccc(-c3nc(-c4ccc(-c5cccc6c5sc5ccccc56)cc4)nc(-c4cccc5sc6cccc(-c7ccccc7)c6c45)n3)c2)cc1. The van der Waals surface area contributed by atoms with Crippen LogP contribution in [0.5, 0.6) is 0 Å². The molecule has 3 aromatic heterocycles. The maximum Gasteiger partial charge on any atom is 0.164 e. The molecule has 0 aliphatic heterocycles. The van der Waals surface area contributed by atoms with Crippen LogP contribution in [-0.4, -0.2) is 15.0 Å². The van der Waals surface area contributed by atoms with Crippen LogP contribution < -0.4 is 0 Å². The van der Waals surface area contributed by atoms with E-state index in [2.05, 4.69) is 182 Å². The van der Waals surface area contributed by atoms with Gasteiger partial charge >= 0.3 is 0 Å². The Morgan fingerprint density at radius 3 is 1.57 bits per heavy atom. The lowest BCUT2D eigenvalue weighted by atomic mass is 9.97. The molecule has 0 fully saturated rings. The second-order valence-corrected chi connectivity index (χ2v) is 16.1. The first-order valence-corrected chi connectivity index (χ1v) is 20.3. The molecule has 0 saturated heterocycles. The van der Waals surface area contributed by atoms with Gasteiger partial charge in [0.15, 0.2) is 17.5 Å². The van der Waals surface area contributed by atoms with E-state index in [1.807, 2.05) is 28.7 Å². The zero-order valence-corrected chi connectivity index (χ0v) is 31.7. The monoisotopic (exact) mass is 749 g/mol. The van der Waals surface area contributed by atoms with Gasteiger partial charge in [0.2, 0.25) is 0 Å². The van der Waals surface area contributed by atoms with Crippen LogP contribution in [0.4, 0.5) is 0 Å². The Balaban J connectivity index is 1.10. The fraction of sp³-hybridized carbons (Fsp3) is 0. The highest BCUT2D eigenvalue weighted by atomic mass is 32.1. The average molecular weight is 750 g/mol. The van der Waals surface area contributed by atoms with Gasteiger partial charge in [-0.3, -0.25) is 0 Å². The lowest BCUT2D eigenvalue weighted by Gasteiger charge is -2.12. The highest BCUT2D eigenvalue weighted by molar-refractivity contribution is 7.26. The van der Waals surface area contributed by atoms with Crippen LogP contribution in [0.2, 0.25) is 0 Å². The summed E-state index contributed by atoms with van der Waals surface area (Å²) in [6.07, 6.45) is 0. The summed E-state index contributed by atoms with van der Waals surface area (Å²) >= 11 is 3.66. The highest BCUT2D eigenvalue weighted by Gasteiger charge is 2.20. The molecule has 0 aliphatic carbocycles. The van der Waals surface area contributed by atoms with Crippen molar-refractivity contribution in [3.63, 3.8) is 0 Å². The molecular weight excluding hydrogens is 719 g/mol. The first-order valence-electron chi connectivity index (χ1n) is 18.7. The van der Waals surface area contributed by atoms with Crippen molar-refractivity contribution in [1.29, 1.82) is 0 Å². The Labute approximate surface area is 331 Å². The van der Waals surface area contributed by atoms with E-state index in [0.717, 1.165) is 27.8 Å². The van der Waals surface area contributed by atoms with Crippen LogP contribution in [0, 0.1) is 0 Å². The zero-order valence-electron chi connectivity index (χ0n) is 30.1. The van der Waals surface area contributed by atoms with Crippen LogP contribution in [0.3, 0.4) is 0 Å². The van der Waals surface area contributed by atoms with Crippen molar-refractivity contribution in [3.05, 3.63) is 188 Å². The van der Waals surface area contributed by atoms with E-state index >= 15 is 0 Å². The molecule has 0 bridgehead atoms. The van der Waals surface area contributed by atoms with E-state index in [1.54, 1.807) is 0 Å². The van der Waals surface area contributed by atoms with Gasteiger partial charge in [-0.1, -0.05) is 164 Å². The Morgan fingerprint density at radius 2 is 0.786 bits per heavy atom. The summed E-state index contributed by atoms with van der Waals surface area (Å²) in [4.78, 5) is 15.8. The van der Waals surface area contributed by atoms with Crippen LogP contribution in [0.1, 0.15) is 0 Å². The fourth-order valence-electron chi connectivity index (χ4n) is 7.91. The van der Waals surface area contributed by atoms with Crippen molar-refractivity contribution >= 4 is 63.0 Å². The van der Waals surface area contributed by atoms with E-state index in [4.69, 9.17) is 15.0 Å². The molecule has 0 radical (unpaired) electrons. The quantitative estimate of drug-likeness (QED) is 0.170. The average Bonchev–Trinajstić information content (AvgIpc) is 3.86. The van der Waals surface area contributed by atoms with Gasteiger partial charge < -0.3 is 0 Å². The molecule has 0 atom stereocenters. The number of hydrogen-bond acceptors (Lipinski definition) is 5. The number of thiophene rings is 2. The first-order chi connectivity index (χ1) is 27.7. The van der Waals surface area contributed by atoms with Gasteiger partial charge in [-0.15, -0.1) is 22.7 Å². The van der Waals surface area contributed by atoms with Crippen molar-refractivity contribution in [2.75, 3.05) is 0 Å². The molecule has 0 amide bonds. The highest BCUT2D eigenvalue weighted by Crippen LogP contribution is 2.44. The molecule has 0 N–H and O–H groups in total. The normalized spacial score (nSPS) is 11.6. The predicted octanol–water partition coefficient (Wildman–Crippen LogP) is 14.6. The van der Waals surface area contributed by atoms with E-state index in [9.17, 15) is 0 Å². The third-order valence-electron chi connectivity index (χ3n) is 10.6. The minimum Gasteiger partial charge on any atom is -0.208 e. The standard InChI is InChI=1S/C51H31N3S2/c1-3-13-32(14-4-1)36-17-9-18-37(31-36)50-52-49(35-29-27-34(28-30-35)39-21-10-22-41-40-19-7-8-24-43(40)56-48(39)41)53-51(54-50)42-23-12-26-45-47(42)46-38(20-11-25-44(46)55-45)33-15-5-2-6-16-33/h1-31H. The molecule has 11 rings (SSSR count). The van der Waals surface area contributed by atoms with Gasteiger partial charge in [0.25, 0.3) is 0 Å². The minimum absolute atomic E-state index is 0.640. The van der Waals surface area contributed by atoms with Crippen LogP contribution in [0.15, 0.2) is 188 Å². The molecule has 11 aromatic rings. The summed E-state index contributed by atoms with van der Waals surface area (Å²) < 4.78 is 5.05. The summed E-state index contributed by atoms with van der Waals surface area (Å²) in [6, 6.07) is 66.7. The largest absolute Gasteiger partial charge is 0.208 e. The third-order valence-corrected chi connectivity index (χ3v) is 12.9. The summed E-state index contributed by atoms with van der Waals surface area (Å²) in [5.74, 6) is 1.94. The number of benzene rings is 8. The molecule has 3 heterocycles. The van der Waals surface area contributed by atoms with Gasteiger partial charge in [0.1, 0.15) is 0 Å². The van der Waals surface area contributed by atoms with Gasteiger partial charge in [0.05, 0.1) is 0 Å². The summed E-state index contributed by atoms with van der Waals surface area (Å²) in [5.41, 5.74) is 9.93. The summed E-state index contributed by atoms with van der Waals surface area (Å²) in [7, 11) is 0. The Kier molecular flexibility index (Phi) is 7.87. The van der Waals surface area contributed by atoms with E-state index in [0.29, 0.717) is 17.5 Å². The maximum atomic E-state index is 5.28. The third kappa shape index (κ3) is 5.60. The molecule has 0 unspecified atom stereocenters. The molecule has 8 aromatic carbocycles. The Hall–Kier alpha value is -6.79. The molecule has 0 aliphatic rings. The van der Waals surface area contributed by atoms with Crippen molar-refractivity contribution < 1.29 is 0 Å². The molecule has 0 spiro atoms. The van der Waals surface area contributed by atoms with Crippen molar-refractivity contribution in [2.45, 2.75) is 0 Å². The first kappa shape index (κ1) is 32.6. The lowest BCUT2D eigenvalue weighted by Crippen LogP contribution is -2.00. The van der Waals surface area contributed by atoms with Crippen LogP contribution in [0.25, 0.3) is 108 Å². The van der Waals surface area contributed by atoms with E-state index in [1.165, 1.54) is 62.6 Å². The van der Waals surface area contributed by atoms with E-state index in [-0.39, 0.29) is 0 Å². The second kappa shape index (κ2) is 13.5. The van der Waals surface area contributed by atoms with Gasteiger partial charge in [-0.2, -0.15) is 0 Å². The second-order valence-electron chi connectivity index (χ2n) is 13.9. The predicted molar refractivity (Wildman–Crippen MR) is 238 cm³/mol. The van der Waals surface area contributed by atoms with Gasteiger partial charge in [0, 0.05) is 57.0 Å². The topological polar surface area (TPSA) is 38.7 Å². The molecular formula is C51H31N3S2. The minimum atomic E-state index is 0.640. The van der Waals surface area contributed by atoms with Crippen molar-refractivity contribution in [3.8, 4) is 67.5 Å². The summed E-state index contributed by atoms with van der Waals surface area (Å²) in [6.45, 7) is 0. The van der Waals surface area contributed by atoms with Gasteiger partial charge in [-0.25, -0.2) is 15.0 Å². The molecule has 5 heteroatoms.